The minimum Gasteiger partial charge on any atom is -0.383 e. The van der Waals surface area contributed by atoms with E-state index >= 15 is 0 Å². The number of ether oxygens (including phenoxy) is 2. The Bertz CT molecular complexity index is 120. The van der Waals surface area contributed by atoms with Gasteiger partial charge in [-0.15, -0.1) is 0 Å². The highest BCUT2D eigenvalue weighted by molar-refractivity contribution is 4.57. The Hall–Kier alpha value is -0.120. The van der Waals surface area contributed by atoms with Gasteiger partial charge in [-0.3, -0.25) is 0 Å². The minimum atomic E-state index is 0.753. The summed E-state index contributed by atoms with van der Waals surface area (Å²) in [5, 5.41) is 3.38. The van der Waals surface area contributed by atoms with Crippen LogP contribution in [0.15, 0.2) is 0 Å². The second-order valence-corrected chi connectivity index (χ2v) is 3.99. The Morgan fingerprint density at radius 3 is 2.67 bits per heavy atom. The molecule has 0 aromatic rings. The van der Waals surface area contributed by atoms with Crippen LogP contribution in [-0.4, -0.2) is 40.0 Å². The molecule has 0 aromatic carbocycles. The van der Waals surface area contributed by atoms with Gasteiger partial charge in [-0.25, -0.2) is 0 Å². The van der Waals surface area contributed by atoms with E-state index < -0.39 is 0 Å². The van der Waals surface area contributed by atoms with Gasteiger partial charge >= 0.3 is 0 Å². The highest BCUT2D eigenvalue weighted by Crippen LogP contribution is 2.06. The molecule has 1 N–H and O–H groups in total. The van der Waals surface area contributed by atoms with E-state index in [1.165, 1.54) is 19.3 Å². The summed E-state index contributed by atoms with van der Waals surface area (Å²) in [5.74, 6) is 0.753. The van der Waals surface area contributed by atoms with Crippen LogP contribution in [0.3, 0.4) is 0 Å². The first-order chi connectivity index (χ1) is 7.31. The number of hydrogen-bond acceptors (Lipinski definition) is 3. The Morgan fingerprint density at radius 1 is 1.20 bits per heavy atom. The van der Waals surface area contributed by atoms with Crippen molar-refractivity contribution in [2.45, 2.75) is 33.1 Å². The van der Waals surface area contributed by atoms with Crippen LogP contribution in [0.25, 0.3) is 0 Å². The van der Waals surface area contributed by atoms with Crippen molar-refractivity contribution in [2.75, 3.05) is 40.0 Å². The van der Waals surface area contributed by atoms with Gasteiger partial charge in [0.05, 0.1) is 6.61 Å². The molecule has 0 saturated carbocycles. The fourth-order valence-electron chi connectivity index (χ4n) is 1.47. The van der Waals surface area contributed by atoms with E-state index in [9.17, 15) is 0 Å². The molecule has 1 atom stereocenters. The van der Waals surface area contributed by atoms with Crippen molar-refractivity contribution in [2.24, 2.45) is 5.92 Å². The Morgan fingerprint density at radius 2 is 2.00 bits per heavy atom. The summed E-state index contributed by atoms with van der Waals surface area (Å²) in [4.78, 5) is 0. The molecule has 0 rings (SSSR count). The molecule has 0 radical (unpaired) electrons. The predicted octanol–water partition coefficient (Wildman–Crippen LogP) is 2.07. The van der Waals surface area contributed by atoms with E-state index in [2.05, 4.69) is 12.2 Å². The zero-order valence-electron chi connectivity index (χ0n) is 10.6. The first-order valence-electron chi connectivity index (χ1n) is 6.08. The molecule has 3 heteroatoms. The van der Waals surface area contributed by atoms with Gasteiger partial charge < -0.3 is 14.8 Å². The first-order valence-corrected chi connectivity index (χ1v) is 6.08. The van der Waals surface area contributed by atoms with Gasteiger partial charge in [-0.05, 0) is 32.2 Å². The van der Waals surface area contributed by atoms with Crippen molar-refractivity contribution < 1.29 is 9.47 Å². The third-order valence-corrected chi connectivity index (χ3v) is 2.42. The van der Waals surface area contributed by atoms with E-state index in [0.717, 1.165) is 38.8 Å². The van der Waals surface area contributed by atoms with Gasteiger partial charge in [0.15, 0.2) is 0 Å². The molecule has 1 unspecified atom stereocenters. The standard InChI is InChI=1S/C12H27NO2/c1-4-15-9-6-5-7-12(2)11-13-8-10-14-3/h12-13H,4-11H2,1-3H3. The highest BCUT2D eigenvalue weighted by Gasteiger charge is 2.00. The SMILES string of the molecule is CCOCCCCC(C)CNCCOC. The van der Waals surface area contributed by atoms with Crippen molar-refractivity contribution in [1.82, 2.24) is 5.32 Å². The summed E-state index contributed by atoms with van der Waals surface area (Å²) in [5.41, 5.74) is 0. The summed E-state index contributed by atoms with van der Waals surface area (Å²) in [6.45, 7) is 8.95. The number of nitrogens with one attached hydrogen (secondary N) is 1. The summed E-state index contributed by atoms with van der Waals surface area (Å²) < 4.78 is 10.3. The van der Waals surface area contributed by atoms with Gasteiger partial charge in [0.25, 0.3) is 0 Å². The van der Waals surface area contributed by atoms with Gasteiger partial charge in [-0.2, -0.15) is 0 Å². The van der Waals surface area contributed by atoms with Crippen LogP contribution in [0.2, 0.25) is 0 Å². The van der Waals surface area contributed by atoms with Crippen molar-refractivity contribution >= 4 is 0 Å². The molecule has 0 aliphatic rings. The molecule has 0 spiro atoms. The molecule has 0 fully saturated rings. The number of rotatable bonds is 11. The van der Waals surface area contributed by atoms with Crippen LogP contribution in [0, 0.1) is 5.92 Å². The third kappa shape index (κ3) is 11.8. The lowest BCUT2D eigenvalue weighted by Gasteiger charge is -2.12. The molecule has 0 aliphatic carbocycles. The summed E-state index contributed by atoms with van der Waals surface area (Å²) in [6, 6.07) is 0. The largest absolute Gasteiger partial charge is 0.383 e. The highest BCUT2D eigenvalue weighted by atomic mass is 16.5. The van der Waals surface area contributed by atoms with Crippen molar-refractivity contribution in [3.63, 3.8) is 0 Å². The second kappa shape index (κ2) is 12.0. The van der Waals surface area contributed by atoms with Crippen LogP contribution >= 0.6 is 0 Å². The molecule has 0 aromatic heterocycles. The second-order valence-electron chi connectivity index (χ2n) is 3.99. The summed E-state index contributed by atoms with van der Waals surface area (Å²) in [6.07, 6.45) is 3.75. The average Bonchev–Trinajstić information content (AvgIpc) is 2.24. The smallest absolute Gasteiger partial charge is 0.0587 e. The van der Waals surface area contributed by atoms with Crippen molar-refractivity contribution in [3.05, 3.63) is 0 Å². The van der Waals surface area contributed by atoms with E-state index in [4.69, 9.17) is 9.47 Å². The zero-order valence-corrected chi connectivity index (χ0v) is 10.6. The molecule has 0 bridgehead atoms. The molecule has 15 heavy (non-hydrogen) atoms. The Labute approximate surface area is 94.5 Å². The minimum absolute atomic E-state index is 0.753. The topological polar surface area (TPSA) is 30.5 Å². The van der Waals surface area contributed by atoms with E-state index in [-0.39, 0.29) is 0 Å². The zero-order chi connectivity index (χ0) is 11.4. The maximum absolute atomic E-state index is 5.30. The van der Waals surface area contributed by atoms with Crippen LogP contribution in [0.1, 0.15) is 33.1 Å². The molecule has 0 heterocycles. The summed E-state index contributed by atoms with van der Waals surface area (Å²) >= 11 is 0. The lowest BCUT2D eigenvalue weighted by molar-refractivity contribution is 0.142. The van der Waals surface area contributed by atoms with Crippen LogP contribution < -0.4 is 5.32 Å². The molecule has 0 amide bonds. The summed E-state index contributed by atoms with van der Waals surface area (Å²) in [7, 11) is 1.73. The Kier molecular flexibility index (Phi) is 11.9. The molecule has 3 nitrogen and oxygen atoms in total. The normalized spacial score (nSPS) is 13.0. The van der Waals surface area contributed by atoms with Crippen molar-refractivity contribution in [3.8, 4) is 0 Å². The predicted molar refractivity (Wildman–Crippen MR) is 64.3 cm³/mol. The maximum Gasteiger partial charge on any atom is 0.0587 e. The number of methoxy groups -OCH3 is 1. The number of hydrogen-bond donors (Lipinski definition) is 1. The fourth-order valence-corrected chi connectivity index (χ4v) is 1.47. The monoisotopic (exact) mass is 217 g/mol. The Balaban J connectivity index is 3.08. The third-order valence-electron chi connectivity index (χ3n) is 2.42. The van der Waals surface area contributed by atoms with Crippen molar-refractivity contribution in [1.29, 1.82) is 0 Å². The average molecular weight is 217 g/mol. The van der Waals surface area contributed by atoms with E-state index in [1.807, 2.05) is 6.92 Å². The molecular formula is C12H27NO2. The lowest BCUT2D eigenvalue weighted by atomic mass is 10.0. The van der Waals surface area contributed by atoms with Crippen LogP contribution in [-0.2, 0) is 9.47 Å². The molecule has 0 aliphatic heterocycles. The van der Waals surface area contributed by atoms with Crippen LogP contribution in [0.5, 0.6) is 0 Å². The van der Waals surface area contributed by atoms with E-state index in [1.54, 1.807) is 7.11 Å². The van der Waals surface area contributed by atoms with E-state index in [0.29, 0.717) is 0 Å². The van der Waals surface area contributed by atoms with Gasteiger partial charge in [-0.1, -0.05) is 13.3 Å². The lowest BCUT2D eigenvalue weighted by Crippen LogP contribution is -2.24. The maximum atomic E-state index is 5.30. The molecule has 92 valence electrons. The quantitative estimate of drug-likeness (QED) is 0.537. The van der Waals surface area contributed by atoms with Gasteiger partial charge in [0, 0.05) is 26.9 Å². The first kappa shape index (κ1) is 14.9. The molecular weight excluding hydrogens is 190 g/mol. The van der Waals surface area contributed by atoms with Gasteiger partial charge in [0.1, 0.15) is 0 Å². The fraction of sp³-hybridized carbons (Fsp3) is 1.00. The number of unbranched alkanes of at least 4 members (excludes halogenated alkanes) is 1. The molecule has 0 saturated heterocycles. The van der Waals surface area contributed by atoms with Crippen LogP contribution in [0.4, 0.5) is 0 Å². The van der Waals surface area contributed by atoms with Gasteiger partial charge in [0.2, 0.25) is 0 Å².